The van der Waals surface area contributed by atoms with Gasteiger partial charge in [0.15, 0.2) is 5.76 Å². The van der Waals surface area contributed by atoms with Crippen molar-refractivity contribution >= 4 is 16.9 Å². The number of nitriles is 1. The van der Waals surface area contributed by atoms with E-state index in [0.717, 1.165) is 10.9 Å². The topological polar surface area (TPSA) is 66.0 Å². The molecule has 0 bridgehead atoms. The number of furan rings is 1. The maximum Gasteiger partial charge on any atom is 0.287 e. The molecule has 4 nitrogen and oxygen atoms in total. The summed E-state index contributed by atoms with van der Waals surface area (Å²) in [6.45, 7) is 1.96. The number of nitrogens with one attached hydrogen (secondary N) is 1. The molecule has 4 heteroatoms. The third-order valence-electron chi connectivity index (χ3n) is 2.22. The summed E-state index contributed by atoms with van der Waals surface area (Å²) in [6, 6.07) is 9.20. The molecule has 1 heterocycles. The fraction of sp³-hybridized carbons (Fsp3) is 0.167. The number of hydrogen-bond donors (Lipinski definition) is 1. The van der Waals surface area contributed by atoms with Crippen LogP contribution >= 0.6 is 0 Å². The molecule has 0 atom stereocenters. The first-order valence-corrected chi connectivity index (χ1v) is 4.86. The Hall–Kier alpha value is -2.28. The van der Waals surface area contributed by atoms with Gasteiger partial charge in [-0.2, -0.15) is 5.26 Å². The quantitative estimate of drug-likeness (QED) is 0.777. The lowest BCUT2D eigenvalue weighted by molar-refractivity contribution is 0.0933. The van der Waals surface area contributed by atoms with Crippen LogP contribution in [-0.2, 0) is 0 Å². The second kappa shape index (κ2) is 4.07. The smallest absolute Gasteiger partial charge is 0.287 e. The van der Waals surface area contributed by atoms with Gasteiger partial charge in [-0.1, -0.05) is 11.6 Å². The molecule has 0 saturated carbocycles. The normalized spacial score (nSPS) is 10.0. The number of carbonyl (C=O) groups excluding carboxylic acids is 1. The summed E-state index contributed by atoms with van der Waals surface area (Å²) >= 11 is 0. The molecule has 2 rings (SSSR count). The van der Waals surface area contributed by atoms with Gasteiger partial charge in [-0.15, -0.1) is 0 Å². The molecule has 1 N–H and O–H groups in total. The third-order valence-corrected chi connectivity index (χ3v) is 2.22. The van der Waals surface area contributed by atoms with Crippen LogP contribution in [0.4, 0.5) is 0 Å². The summed E-state index contributed by atoms with van der Waals surface area (Å²) in [4.78, 5) is 11.5. The highest BCUT2D eigenvalue weighted by atomic mass is 16.3. The lowest BCUT2D eigenvalue weighted by atomic mass is 10.2. The first-order chi connectivity index (χ1) is 7.70. The van der Waals surface area contributed by atoms with Crippen molar-refractivity contribution in [1.29, 1.82) is 5.26 Å². The van der Waals surface area contributed by atoms with Crippen LogP contribution in [0.25, 0.3) is 11.0 Å². The first-order valence-electron chi connectivity index (χ1n) is 4.86. The molecule has 2 aromatic rings. The van der Waals surface area contributed by atoms with Crippen LogP contribution < -0.4 is 5.32 Å². The van der Waals surface area contributed by atoms with E-state index in [2.05, 4.69) is 5.32 Å². The Morgan fingerprint density at radius 1 is 1.50 bits per heavy atom. The van der Waals surface area contributed by atoms with Gasteiger partial charge in [-0.3, -0.25) is 4.79 Å². The second-order valence-corrected chi connectivity index (χ2v) is 3.49. The number of benzene rings is 1. The summed E-state index contributed by atoms with van der Waals surface area (Å²) in [5, 5.41) is 11.7. The Morgan fingerprint density at radius 2 is 2.31 bits per heavy atom. The number of hydrogen-bond acceptors (Lipinski definition) is 3. The van der Waals surface area contributed by atoms with E-state index in [1.807, 2.05) is 31.2 Å². The number of aryl methyl sites for hydroxylation is 1. The van der Waals surface area contributed by atoms with E-state index in [1.165, 1.54) is 0 Å². The maximum atomic E-state index is 11.5. The minimum atomic E-state index is -0.365. The van der Waals surface area contributed by atoms with Crippen molar-refractivity contribution in [1.82, 2.24) is 5.32 Å². The SMILES string of the molecule is Cc1ccc2oc(C(=O)NCC#N)cc2c1. The van der Waals surface area contributed by atoms with Crippen molar-refractivity contribution in [2.45, 2.75) is 6.92 Å². The molecule has 0 aliphatic carbocycles. The van der Waals surface area contributed by atoms with E-state index >= 15 is 0 Å². The number of rotatable bonds is 2. The zero-order valence-corrected chi connectivity index (χ0v) is 8.78. The second-order valence-electron chi connectivity index (χ2n) is 3.49. The first kappa shape index (κ1) is 10.2. The van der Waals surface area contributed by atoms with Gasteiger partial charge >= 0.3 is 0 Å². The standard InChI is InChI=1S/C12H10N2O2/c1-8-2-3-10-9(6-8)7-11(16-10)12(15)14-5-4-13/h2-3,6-7H,5H2,1H3,(H,14,15). The van der Waals surface area contributed by atoms with Gasteiger partial charge in [0, 0.05) is 5.39 Å². The van der Waals surface area contributed by atoms with E-state index in [-0.39, 0.29) is 18.2 Å². The van der Waals surface area contributed by atoms with Crippen molar-refractivity contribution in [3.63, 3.8) is 0 Å². The molecule has 1 aromatic heterocycles. The highest BCUT2D eigenvalue weighted by Crippen LogP contribution is 2.20. The van der Waals surface area contributed by atoms with E-state index in [9.17, 15) is 4.79 Å². The molecule has 16 heavy (non-hydrogen) atoms. The van der Waals surface area contributed by atoms with Gasteiger partial charge in [-0.25, -0.2) is 0 Å². The van der Waals surface area contributed by atoms with Crippen molar-refractivity contribution in [2.75, 3.05) is 6.54 Å². The van der Waals surface area contributed by atoms with Gasteiger partial charge in [0.05, 0.1) is 6.07 Å². The van der Waals surface area contributed by atoms with Crippen molar-refractivity contribution in [2.24, 2.45) is 0 Å². The third kappa shape index (κ3) is 1.89. The minimum absolute atomic E-state index is 0.0189. The van der Waals surface area contributed by atoms with Crippen LogP contribution in [0.1, 0.15) is 16.1 Å². The molecule has 0 aliphatic rings. The van der Waals surface area contributed by atoms with E-state index in [0.29, 0.717) is 5.58 Å². The monoisotopic (exact) mass is 214 g/mol. The molecule has 0 spiro atoms. The molecule has 0 saturated heterocycles. The summed E-state index contributed by atoms with van der Waals surface area (Å²) in [5.41, 5.74) is 1.78. The van der Waals surface area contributed by atoms with Crippen LogP contribution in [0.5, 0.6) is 0 Å². The predicted molar refractivity (Wildman–Crippen MR) is 58.9 cm³/mol. The van der Waals surface area contributed by atoms with Crippen molar-refractivity contribution in [3.05, 3.63) is 35.6 Å². The molecule has 0 aliphatic heterocycles. The zero-order valence-electron chi connectivity index (χ0n) is 8.78. The Bertz CT molecular complexity index is 578. The Labute approximate surface area is 92.5 Å². The molecular weight excluding hydrogens is 204 g/mol. The molecule has 1 amide bonds. The van der Waals surface area contributed by atoms with Gasteiger partial charge in [0.2, 0.25) is 0 Å². The van der Waals surface area contributed by atoms with Crippen molar-refractivity contribution in [3.8, 4) is 6.07 Å². The van der Waals surface area contributed by atoms with Crippen LogP contribution in [-0.4, -0.2) is 12.5 Å². The predicted octanol–water partition coefficient (Wildman–Crippen LogP) is 1.99. The van der Waals surface area contributed by atoms with Crippen LogP contribution in [0, 0.1) is 18.3 Å². The van der Waals surface area contributed by atoms with Gasteiger partial charge in [0.1, 0.15) is 12.1 Å². The van der Waals surface area contributed by atoms with Gasteiger partial charge in [0.25, 0.3) is 5.91 Å². The molecule has 0 radical (unpaired) electrons. The van der Waals surface area contributed by atoms with E-state index < -0.39 is 0 Å². The fourth-order valence-corrected chi connectivity index (χ4v) is 1.48. The van der Waals surface area contributed by atoms with Gasteiger partial charge < -0.3 is 9.73 Å². The molecular formula is C12H10N2O2. The maximum absolute atomic E-state index is 11.5. The van der Waals surface area contributed by atoms with Gasteiger partial charge in [-0.05, 0) is 25.1 Å². The summed E-state index contributed by atoms with van der Waals surface area (Å²) < 4.78 is 5.36. The highest BCUT2D eigenvalue weighted by molar-refractivity contribution is 5.96. The average molecular weight is 214 g/mol. The summed E-state index contributed by atoms with van der Waals surface area (Å²) in [6.07, 6.45) is 0. The average Bonchev–Trinajstić information content (AvgIpc) is 2.68. The number of fused-ring (bicyclic) bond motifs is 1. The van der Waals surface area contributed by atoms with E-state index in [1.54, 1.807) is 6.07 Å². The lowest BCUT2D eigenvalue weighted by Gasteiger charge is -1.94. The summed E-state index contributed by atoms with van der Waals surface area (Å²) in [5.74, 6) is -0.133. The zero-order chi connectivity index (χ0) is 11.5. The number of amides is 1. The largest absolute Gasteiger partial charge is 0.451 e. The Morgan fingerprint density at radius 3 is 3.06 bits per heavy atom. The minimum Gasteiger partial charge on any atom is -0.451 e. The van der Waals surface area contributed by atoms with Crippen LogP contribution in [0.15, 0.2) is 28.7 Å². The molecule has 0 fully saturated rings. The summed E-state index contributed by atoms with van der Waals surface area (Å²) in [7, 11) is 0. The number of nitrogens with zero attached hydrogens (tertiary/aromatic N) is 1. The van der Waals surface area contributed by atoms with Crippen LogP contribution in [0.2, 0.25) is 0 Å². The van der Waals surface area contributed by atoms with Crippen molar-refractivity contribution < 1.29 is 9.21 Å². The number of carbonyl (C=O) groups is 1. The molecule has 0 unspecified atom stereocenters. The van der Waals surface area contributed by atoms with Crippen LogP contribution in [0.3, 0.4) is 0 Å². The Kier molecular flexibility index (Phi) is 2.61. The Balaban J connectivity index is 2.33. The highest BCUT2D eigenvalue weighted by Gasteiger charge is 2.11. The van der Waals surface area contributed by atoms with E-state index in [4.69, 9.17) is 9.68 Å². The fourth-order valence-electron chi connectivity index (χ4n) is 1.48. The molecule has 1 aromatic carbocycles. The lowest BCUT2D eigenvalue weighted by Crippen LogP contribution is -2.22. The molecule has 80 valence electrons.